The van der Waals surface area contributed by atoms with Crippen molar-refractivity contribution >= 4 is 35.0 Å². The van der Waals surface area contributed by atoms with Gasteiger partial charge >= 0.3 is 6.09 Å². The molecule has 1 amide bonds. The van der Waals surface area contributed by atoms with Gasteiger partial charge in [-0.05, 0) is 51.1 Å². The highest BCUT2D eigenvalue weighted by Crippen LogP contribution is 2.38. The van der Waals surface area contributed by atoms with Gasteiger partial charge in [-0.1, -0.05) is 23.2 Å². The molecule has 9 heteroatoms. The van der Waals surface area contributed by atoms with E-state index in [1.54, 1.807) is 6.07 Å². The number of amides is 1. The van der Waals surface area contributed by atoms with Gasteiger partial charge in [0.25, 0.3) is 0 Å². The molecule has 2 aromatic rings. The molecule has 2 aliphatic heterocycles. The second-order valence-corrected chi connectivity index (χ2v) is 9.16. The Bertz CT molecular complexity index is 1040. The van der Waals surface area contributed by atoms with Gasteiger partial charge in [0.05, 0.1) is 40.6 Å². The van der Waals surface area contributed by atoms with Crippen LogP contribution >= 0.6 is 23.2 Å². The van der Waals surface area contributed by atoms with E-state index in [-0.39, 0.29) is 12.1 Å². The van der Waals surface area contributed by atoms with Crippen LogP contribution in [0.3, 0.4) is 0 Å². The van der Waals surface area contributed by atoms with Crippen LogP contribution in [-0.2, 0) is 10.3 Å². The zero-order chi connectivity index (χ0) is 22.3. The van der Waals surface area contributed by atoms with Crippen LogP contribution < -0.4 is 5.32 Å². The van der Waals surface area contributed by atoms with Crippen LogP contribution in [0.5, 0.6) is 0 Å². The predicted octanol–water partition coefficient (Wildman–Crippen LogP) is 4.66. The van der Waals surface area contributed by atoms with Crippen molar-refractivity contribution in [3.8, 4) is 11.3 Å². The smallest absolute Gasteiger partial charge is 0.407 e. The summed E-state index contributed by atoms with van der Waals surface area (Å²) in [5.74, 6) is 0. The minimum Gasteiger partial charge on any atom is -0.465 e. The molecule has 0 saturated carbocycles. The van der Waals surface area contributed by atoms with Gasteiger partial charge in [0.15, 0.2) is 0 Å². The lowest BCUT2D eigenvalue weighted by Gasteiger charge is -2.38. The summed E-state index contributed by atoms with van der Waals surface area (Å²) in [5.41, 5.74) is 3.23. The van der Waals surface area contributed by atoms with E-state index >= 15 is 0 Å². The number of hydrogen-bond donors (Lipinski definition) is 2. The van der Waals surface area contributed by atoms with Gasteiger partial charge < -0.3 is 14.7 Å². The maximum Gasteiger partial charge on any atom is 0.407 e. The molecule has 0 aliphatic carbocycles. The van der Waals surface area contributed by atoms with Crippen molar-refractivity contribution in [3.05, 3.63) is 46.1 Å². The van der Waals surface area contributed by atoms with Crippen molar-refractivity contribution in [3.63, 3.8) is 0 Å². The maximum atomic E-state index is 11.5. The van der Waals surface area contributed by atoms with Crippen molar-refractivity contribution in [2.75, 3.05) is 19.7 Å². The fourth-order valence-corrected chi connectivity index (χ4v) is 5.15. The quantitative estimate of drug-likeness (QED) is 0.673. The summed E-state index contributed by atoms with van der Waals surface area (Å²) in [5, 5.41) is 19.1. The molecular weight excluding hydrogens is 439 g/mol. The lowest BCUT2D eigenvalue weighted by Crippen LogP contribution is -2.53. The summed E-state index contributed by atoms with van der Waals surface area (Å²) in [4.78, 5) is 12.9. The molecule has 1 aromatic carbocycles. The van der Waals surface area contributed by atoms with Gasteiger partial charge in [-0.2, -0.15) is 5.10 Å². The third kappa shape index (κ3) is 4.20. The van der Waals surface area contributed by atoms with Gasteiger partial charge in [0.1, 0.15) is 0 Å². The summed E-state index contributed by atoms with van der Waals surface area (Å²) in [6.45, 7) is 7.31. The zero-order valence-electron chi connectivity index (χ0n) is 17.7. The van der Waals surface area contributed by atoms with Gasteiger partial charge in [0.2, 0.25) is 0 Å². The number of halogens is 2. The van der Waals surface area contributed by atoms with Crippen molar-refractivity contribution in [1.82, 2.24) is 14.9 Å². The first-order valence-electron chi connectivity index (χ1n) is 10.3. The molecule has 1 saturated heterocycles. The largest absolute Gasteiger partial charge is 0.465 e. The summed E-state index contributed by atoms with van der Waals surface area (Å²) in [7, 11) is 0. The SMILES string of the molecule is CCO[C@H]1CN(C(=O)O)C[C@H]1NC1(C)CC(C)=Nn2c(-c3ccc(Cl)cc3Cl)ccc21. The zero-order valence-corrected chi connectivity index (χ0v) is 19.2. The van der Waals surface area contributed by atoms with Crippen LogP contribution in [-0.4, -0.2) is 58.3 Å². The maximum absolute atomic E-state index is 11.5. The molecule has 0 bridgehead atoms. The summed E-state index contributed by atoms with van der Waals surface area (Å²) in [6.07, 6.45) is -0.429. The first-order chi connectivity index (χ1) is 14.7. The molecule has 3 heterocycles. The monoisotopic (exact) mass is 464 g/mol. The Labute approximate surface area is 191 Å². The van der Waals surface area contributed by atoms with Crippen LogP contribution in [0, 0.1) is 0 Å². The number of nitrogens with one attached hydrogen (secondary N) is 1. The second-order valence-electron chi connectivity index (χ2n) is 8.32. The van der Waals surface area contributed by atoms with Crippen LogP contribution in [0.2, 0.25) is 10.0 Å². The lowest BCUT2D eigenvalue weighted by atomic mass is 9.89. The summed E-state index contributed by atoms with van der Waals surface area (Å²) >= 11 is 12.5. The van der Waals surface area contributed by atoms with E-state index in [1.165, 1.54) is 4.90 Å². The Morgan fingerprint density at radius 1 is 1.32 bits per heavy atom. The second kappa shape index (κ2) is 8.47. The molecule has 1 aromatic heterocycles. The molecule has 7 nitrogen and oxygen atoms in total. The Kier molecular flexibility index (Phi) is 6.05. The van der Waals surface area contributed by atoms with Crippen LogP contribution in [0.1, 0.15) is 32.9 Å². The number of likely N-dealkylation sites (tertiary alicyclic amines) is 1. The fourth-order valence-electron chi connectivity index (χ4n) is 4.65. The van der Waals surface area contributed by atoms with Gasteiger partial charge in [-0.25, -0.2) is 9.47 Å². The van der Waals surface area contributed by atoms with E-state index in [4.69, 9.17) is 33.0 Å². The minimum absolute atomic E-state index is 0.127. The number of nitrogens with zero attached hydrogens (tertiary/aromatic N) is 3. The Balaban J connectivity index is 1.69. The molecule has 166 valence electrons. The molecule has 0 radical (unpaired) electrons. The number of fused-ring (bicyclic) bond motifs is 1. The van der Waals surface area contributed by atoms with E-state index < -0.39 is 11.6 Å². The molecule has 4 rings (SSSR count). The van der Waals surface area contributed by atoms with Gasteiger partial charge in [-0.15, -0.1) is 0 Å². The average molecular weight is 465 g/mol. The van der Waals surface area contributed by atoms with Crippen molar-refractivity contribution in [2.45, 2.75) is 44.9 Å². The molecule has 1 unspecified atom stereocenters. The molecule has 1 fully saturated rings. The molecule has 3 atom stereocenters. The highest BCUT2D eigenvalue weighted by molar-refractivity contribution is 6.36. The van der Waals surface area contributed by atoms with Crippen molar-refractivity contribution < 1.29 is 14.6 Å². The number of rotatable bonds is 5. The van der Waals surface area contributed by atoms with E-state index in [9.17, 15) is 9.90 Å². The molecular formula is C22H26Cl2N4O3. The van der Waals surface area contributed by atoms with Crippen LogP contribution in [0.4, 0.5) is 4.79 Å². The Hall–Kier alpha value is -2.06. The molecule has 2 aliphatic rings. The Morgan fingerprint density at radius 2 is 2.10 bits per heavy atom. The standard InChI is InChI=1S/C22H26Cl2N4O3/c1-4-31-19-12-27(21(29)30)11-17(19)25-22(3)10-13(2)26-28-18(7-8-20(22)28)15-6-5-14(23)9-16(15)24/h5-9,17,19,25H,4,10-12H2,1-3H3,(H,29,30)/t17-,19+,22?/m1/s1. The third-order valence-electron chi connectivity index (χ3n) is 5.93. The number of carboxylic acid groups (broad SMARTS) is 1. The Morgan fingerprint density at radius 3 is 2.77 bits per heavy atom. The first kappa shape index (κ1) is 22.1. The van der Waals surface area contributed by atoms with Crippen molar-refractivity contribution in [1.29, 1.82) is 0 Å². The van der Waals surface area contributed by atoms with Gasteiger partial charge in [0, 0.05) is 35.9 Å². The van der Waals surface area contributed by atoms with Crippen LogP contribution in [0.15, 0.2) is 35.4 Å². The third-order valence-corrected chi connectivity index (χ3v) is 6.48. The van der Waals surface area contributed by atoms with Crippen LogP contribution in [0.25, 0.3) is 11.3 Å². The first-order valence-corrected chi connectivity index (χ1v) is 11.1. The van der Waals surface area contributed by atoms with Gasteiger partial charge in [-0.3, -0.25) is 5.32 Å². The average Bonchev–Trinajstić information content (AvgIpc) is 3.27. The lowest BCUT2D eigenvalue weighted by molar-refractivity contribution is 0.0454. The number of benzene rings is 1. The molecule has 0 spiro atoms. The van der Waals surface area contributed by atoms with Crippen molar-refractivity contribution in [2.24, 2.45) is 5.10 Å². The van der Waals surface area contributed by atoms with E-state index in [1.807, 2.05) is 42.8 Å². The van der Waals surface area contributed by atoms with E-state index in [0.717, 1.165) is 22.7 Å². The van der Waals surface area contributed by atoms with E-state index in [0.29, 0.717) is 36.2 Å². The molecule has 2 N–H and O–H groups in total. The minimum atomic E-state index is -0.927. The predicted molar refractivity (Wildman–Crippen MR) is 122 cm³/mol. The number of carbonyl (C=O) groups is 1. The number of ether oxygens (including phenoxy) is 1. The normalized spacial score (nSPS) is 25.5. The topological polar surface area (TPSA) is 79.1 Å². The highest BCUT2D eigenvalue weighted by Gasteiger charge is 2.43. The highest BCUT2D eigenvalue weighted by atomic mass is 35.5. The number of aromatic nitrogens is 1. The summed E-state index contributed by atoms with van der Waals surface area (Å²) in [6, 6.07) is 9.35. The molecule has 31 heavy (non-hydrogen) atoms. The number of hydrogen-bond acceptors (Lipinski definition) is 4. The fraction of sp³-hybridized carbons (Fsp3) is 0.455. The van der Waals surface area contributed by atoms with E-state index in [2.05, 4.69) is 12.2 Å². The summed E-state index contributed by atoms with van der Waals surface area (Å²) < 4.78 is 7.78.